The van der Waals surface area contributed by atoms with E-state index in [1.54, 1.807) is 13.2 Å². The van der Waals surface area contributed by atoms with E-state index in [-0.39, 0.29) is 23.1 Å². The molecule has 1 atom stereocenters. The van der Waals surface area contributed by atoms with Crippen molar-refractivity contribution >= 4 is 29.4 Å². The van der Waals surface area contributed by atoms with Crippen LogP contribution in [0, 0.1) is 17.2 Å². The van der Waals surface area contributed by atoms with E-state index < -0.39 is 23.6 Å². The van der Waals surface area contributed by atoms with Crippen LogP contribution in [0.15, 0.2) is 10.5 Å². The lowest BCUT2D eigenvalue weighted by Gasteiger charge is -2.23. The van der Waals surface area contributed by atoms with Crippen molar-refractivity contribution in [3.05, 3.63) is 10.5 Å². The molecule has 1 aliphatic rings. The maximum Gasteiger partial charge on any atom is 0.321 e. The van der Waals surface area contributed by atoms with Gasteiger partial charge in [-0.3, -0.25) is 14.4 Å². The van der Waals surface area contributed by atoms with Crippen LogP contribution < -0.4 is 5.32 Å². The first-order valence-corrected chi connectivity index (χ1v) is 9.34. The second-order valence-electron chi connectivity index (χ2n) is 5.66. The summed E-state index contributed by atoms with van der Waals surface area (Å²) in [4.78, 5) is 36.6. The zero-order valence-corrected chi connectivity index (χ0v) is 15.2. The highest BCUT2D eigenvalue weighted by Crippen LogP contribution is 2.28. The van der Waals surface area contributed by atoms with Gasteiger partial charge in [0.05, 0.1) is 6.61 Å². The van der Waals surface area contributed by atoms with E-state index in [1.807, 2.05) is 6.07 Å². The van der Waals surface area contributed by atoms with Crippen LogP contribution in [0.2, 0.25) is 0 Å². The molecule has 132 valence electrons. The van der Waals surface area contributed by atoms with Gasteiger partial charge in [0.1, 0.15) is 23.3 Å². The topological polar surface area (TPSA) is 96.3 Å². The SMILES string of the molecule is CCOC(=O)C(C(C)=O)/C(SC)=C(\C#N)C(=O)NC1CCCCC1. The number of hydrogen-bond acceptors (Lipinski definition) is 6. The highest BCUT2D eigenvalue weighted by atomic mass is 32.2. The number of Topliss-reactive ketones (excluding diaryl/α,β-unsaturated/α-hetero) is 1. The maximum atomic E-state index is 12.5. The quantitative estimate of drug-likeness (QED) is 0.327. The second kappa shape index (κ2) is 10.1. The van der Waals surface area contributed by atoms with Gasteiger partial charge in [-0.2, -0.15) is 5.26 Å². The van der Waals surface area contributed by atoms with E-state index in [1.165, 1.54) is 6.92 Å². The van der Waals surface area contributed by atoms with E-state index in [9.17, 15) is 19.6 Å². The zero-order valence-electron chi connectivity index (χ0n) is 14.4. The Bertz CT molecular complexity index is 559. The van der Waals surface area contributed by atoms with Crippen LogP contribution in [-0.4, -0.2) is 36.6 Å². The fraction of sp³-hybridized carbons (Fsp3) is 0.647. The van der Waals surface area contributed by atoms with E-state index >= 15 is 0 Å². The predicted molar refractivity (Wildman–Crippen MR) is 92.0 cm³/mol. The van der Waals surface area contributed by atoms with Crippen LogP contribution in [0.3, 0.4) is 0 Å². The summed E-state index contributed by atoms with van der Waals surface area (Å²) < 4.78 is 4.92. The molecule has 0 radical (unpaired) electrons. The summed E-state index contributed by atoms with van der Waals surface area (Å²) in [5.41, 5.74) is -0.179. The molecule has 1 saturated carbocycles. The second-order valence-corrected chi connectivity index (χ2v) is 6.51. The predicted octanol–water partition coefficient (Wildman–Crippen LogP) is 2.34. The smallest absolute Gasteiger partial charge is 0.321 e. The molecule has 0 heterocycles. The van der Waals surface area contributed by atoms with E-state index in [0.29, 0.717) is 0 Å². The number of ketones is 1. The number of esters is 1. The summed E-state index contributed by atoms with van der Waals surface area (Å²) in [6.45, 7) is 3.02. The Morgan fingerprint density at radius 1 is 1.29 bits per heavy atom. The van der Waals surface area contributed by atoms with Crippen LogP contribution in [0.4, 0.5) is 0 Å². The zero-order chi connectivity index (χ0) is 18.1. The van der Waals surface area contributed by atoms with Crippen molar-refractivity contribution in [3.8, 4) is 6.07 Å². The van der Waals surface area contributed by atoms with Crippen LogP contribution in [0.25, 0.3) is 0 Å². The molecule has 1 rings (SSSR count). The van der Waals surface area contributed by atoms with Gasteiger partial charge in [0, 0.05) is 10.9 Å². The number of nitrogens with zero attached hydrogens (tertiary/aromatic N) is 1. The van der Waals surface area contributed by atoms with E-state index in [2.05, 4.69) is 5.32 Å². The van der Waals surface area contributed by atoms with Gasteiger partial charge in [0.2, 0.25) is 0 Å². The van der Waals surface area contributed by atoms with Gasteiger partial charge in [-0.1, -0.05) is 19.3 Å². The first kappa shape index (κ1) is 20.2. The lowest BCUT2D eigenvalue weighted by atomic mass is 9.95. The summed E-state index contributed by atoms with van der Waals surface area (Å²) in [5, 5.41) is 12.3. The first-order chi connectivity index (χ1) is 11.5. The summed E-state index contributed by atoms with van der Waals surface area (Å²) in [6.07, 6.45) is 6.64. The number of carbonyl (C=O) groups excluding carboxylic acids is 3. The normalized spacial score (nSPS) is 17.2. The van der Waals surface area contributed by atoms with Crippen molar-refractivity contribution < 1.29 is 19.1 Å². The molecular formula is C17H24N2O4S. The number of carbonyl (C=O) groups is 3. The Balaban J connectivity index is 3.10. The third-order valence-corrected chi connectivity index (χ3v) is 4.82. The van der Waals surface area contributed by atoms with Gasteiger partial charge in [0.25, 0.3) is 5.91 Å². The summed E-state index contributed by atoms with van der Waals surface area (Å²) in [6, 6.07) is 1.90. The lowest BCUT2D eigenvalue weighted by molar-refractivity contribution is -0.149. The monoisotopic (exact) mass is 352 g/mol. The van der Waals surface area contributed by atoms with Gasteiger partial charge in [-0.15, -0.1) is 11.8 Å². The maximum absolute atomic E-state index is 12.5. The largest absolute Gasteiger partial charge is 0.465 e. The molecule has 0 saturated heterocycles. The van der Waals surface area contributed by atoms with Gasteiger partial charge in [0.15, 0.2) is 0 Å². The van der Waals surface area contributed by atoms with Crippen molar-refractivity contribution in [2.45, 2.75) is 52.0 Å². The van der Waals surface area contributed by atoms with Crippen LogP contribution >= 0.6 is 11.8 Å². The lowest BCUT2D eigenvalue weighted by Crippen LogP contribution is -2.38. The summed E-state index contributed by atoms with van der Waals surface area (Å²) >= 11 is 1.06. The highest BCUT2D eigenvalue weighted by molar-refractivity contribution is 8.02. The summed E-state index contributed by atoms with van der Waals surface area (Å²) in [7, 11) is 0. The van der Waals surface area contributed by atoms with Crippen LogP contribution in [0.5, 0.6) is 0 Å². The molecule has 1 amide bonds. The minimum atomic E-state index is -1.23. The number of hydrogen-bond donors (Lipinski definition) is 1. The number of thioether (sulfide) groups is 1. The first-order valence-electron chi connectivity index (χ1n) is 8.12. The van der Waals surface area contributed by atoms with Gasteiger partial charge in [-0.05, 0) is 32.9 Å². The Morgan fingerprint density at radius 2 is 1.92 bits per heavy atom. The van der Waals surface area contributed by atoms with Crippen molar-refractivity contribution in [1.82, 2.24) is 5.32 Å². The molecule has 0 aliphatic heterocycles. The van der Waals surface area contributed by atoms with E-state index in [0.717, 1.165) is 43.9 Å². The molecule has 1 aliphatic carbocycles. The molecule has 24 heavy (non-hydrogen) atoms. The number of amides is 1. The highest BCUT2D eigenvalue weighted by Gasteiger charge is 2.33. The molecule has 1 unspecified atom stereocenters. The Hall–Kier alpha value is -1.81. The fourth-order valence-corrected chi connectivity index (χ4v) is 3.61. The molecule has 0 aromatic carbocycles. The van der Waals surface area contributed by atoms with Crippen molar-refractivity contribution in [2.24, 2.45) is 5.92 Å². The number of nitriles is 1. The van der Waals surface area contributed by atoms with Crippen LogP contribution in [-0.2, 0) is 19.1 Å². The molecule has 0 aromatic rings. The van der Waals surface area contributed by atoms with Gasteiger partial charge in [-0.25, -0.2) is 0 Å². The Labute approximate surface area is 147 Å². The van der Waals surface area contributed by atoms with Crippen LogP contribution in [0.1, 0.15) is 46.0 Å². The minimum Gasteiger partial charge on any atom is -0.465 e. The molecule has 1 fully saturated rings. The summed E-state index contributed by atoms with van der Waals surface area (Å²) in [5.74, 6) is -2.93. The number of rotatable bonds is 7. The standard InChI is InChI=1S/C17H24N2O4S/c1-4-23-17(22)14(11(2)20)15(24-3)13(10-18)16(21)19-12-8-6-5-7-9-12/h12,14H,4-9H2,1-3H3,(H,19,21)/b15-13-. The van der Waals surface area contributed by atoms with Gasteiger partial charge >= 0.3 is 5.97 Å². The number of ether oxygens (including phenoxy) is 1. The van der Waals surface area contributed by atoms with Crippen molar-refractivity contribution in [1.29, 1.82) is 5.26 Å². The average Bonchev–Trinajstić information content (AvgIpc) is 2.55. The van der Waals surface area contributed by atoms with Crippen molar-refractivity contribution in [3.63, 3.8) is 0 Å². The Kier molecular flexibility index (Phi) is 8.55. The minimum absolute atomic E-state index is 0.0380. The molecule has 0 spiro atoms. The van der Waals surface area contributed by atoms with Crippen molar-refractivity contribution in [2.75, 3.05) is 12.9 Å². The number of nitrogens with one attached hydrogen (secondary N) is 1. The average molecular weight is 352 g/mol. The molecule has 1 N–H and O–H groups in total. The molecule has 0 bridgehead atoms. The molecule has 6 nitrogen and oxygen atoms in total. The molecule has 7 heteroatoms. The molecule has 0 aromatic heterocycles. The third-order valence-electron chi connectivity index (χ3n) is 3.94. The van der Waals surface area contributed by atoms with Gasteiger partial charge < -0.3 is 10.1 Å². The fourth-order valence-electron chi connectivity index (χ4n) is 2.77. The van der Waals surface area contributed by atoms with E-state index in [4.69, 9.17) is 4.74 Å². The Morgan fingerprint density at radius 3 is 2.38 bits per heavy atom. The molecular weight excluding hydrogens is 328 g/mol. The third kappa shape index (κ3) is 5.38.